The first-order valence-corrected chi connectivity index (χ1v) is 7.83. The van der Waals surface area contributed by atoms with Crippen LogP contribution in [0.25, 0.3) is 0 Å². The summed E-state index contributed by atoms with van der Waals surface area (Å²) in [5.74, 6) is 1.45. The first-order chi connectivity index (χ1) is 8.60. The topological polar surface area (TPSA) is 29.5 Å². The van der Waals surface area contributed by atoms with Gasteiger partial charge < -0.3 is 9.84 Å². The molecule has 2 aliphatic carbocycles. The van der Waals surface area contributed by atoms with Crippen LogP contribution in [0.15, 0.2) is 0 Å². The Morgan fingerprint density at radius 1 is 1.11 bits per heavy atom. The van der Waals surface area contributed by atoms with Crippen molar-refractivity contribution < 1.29 is 9.84 Å². The summed E-state index contributed by atoms with van der Waals surface area (Å²) in [5, 5.41) is 9.87. The lowest BCUT2D eigenvalue weighted by atomic mass is 9.47. The van der Waals surface area contributed by atoms with Gasteiger partial charge in [-0.3, -0.25) is 0 Å². The van der Waals surface area contributed by atoms with Crippen LogP contribution in [-0.4, -0.2) is 24.4 Å². The molecule has 2 saturated carbocycles. The molecule has 3 aliphatic rings. The van der Waals surface area contributed by atoms with Gasteiger partial charge in [-0.1, -0.05) is 20.3 Å². The third kappa shape index (κ3) is 1.76. The van der Waals surface area contributed by atoms with Crippen LogP contribution >= 0.6 is 0 Å². The highest BCUT2D eigenvalue weighted by molar-refractivity contribution is 5.05. The van der Waals surface area contributed by atoms with E-state index in [0.717, 1.165) is 12.5 Å². The molecule has 1 saturated heterocycles. The van der Waals surface area contributed by atoms with Crippen LogP contribution in [0, 0.1) is 22.7 Å². The maximum Gasteiger partial charge on any atom is 0.0608 e. The molecular weight excluding hydrogens is 224 g/mol. The second-order valence-electron chi connectivity index (χ2n) is 7.46. The molecule has 0 bridgehead atoms. The van der Waals surface area contributed by atoms with Gasteiger partial charge in [0.05, 0.1) is 6.10 Å². The molecular formula is C16H28O2. The van der Waals surface area contributed by atoms with Gasteiger partial charge in [0.15, 0.2) is 0 Å². The Bertz CT molecular complexity index is 316. The Balaban J connectivity index is 1.90. The Labute approximate surface area is 111 Å². The summed E-state index contributed by atoms with van der Waals surface area (Å²) in [5.41, 5.74) is 0.578. The van der Waals surface area contributed by atoms with Gasteiger partial charge in [0.25, 0.3) is 0 Å². The van der Waals surface area contributed by atoms with Crippen molar-refractivity contribution in [1.82, 2.24) is 0 Å². The van der Waals surface area contributed by atoms with E-state index in [0.29, 0.717) is 24.0 Å². The fourth-order valence-corrected chi connectivity index (χ4v) is 5.54. The van der Waals surface area contributed by atoms with E-state index in [9.17, 15) is 5.11 Å². The Hall–Kier alpha value is -0.0800. The molecule has 0 unspecified atom stereocenters. The second-order valence-corrected chi connectivity index (χ2v) is 7.46. The van der Waals surface area contributed by atoms with Crippen LogP contribution in [0.4, 0.5) is 0 Å². The van der Waals surface area contributed by atoms with Crippen molar-refractivity contribution in [2.24, 2.45) is 22.7 Å². The molecule has 0 aromatic heterocycles. The normalized spacial score (nSPS) is 52.5. The molecule has 1 heterocycles. The van der Waals surface area contributed by atoms with E-state index in [1.54, 1.807) is 0 Å². The van der Waals surface area contributed by atoms with E-state index in [1.807, 2.05) is 0 Å². The highest BCUT2D eigenvalue weighted by Crippen LogP contribution is 2.61. The third-order valence-electron chi connectivity index (χ3n) is 6.49. The molecule has 5 atom stereocenters. The second kappa shape index (κ2) is 4.49. The standard InChI is InChI=1S/C16H28O2/c1-15(11-17)8-4-9-16(2)12-5-3-10-18-13(12)6-7-14(15)16/h12-14,17H,3-11H2,1-2H3/t12-,13-,14-,15+,16+/m1/s1. The van der Waals surface area contributed by atoms with Gasteiger partial charge in [0.2, 0.25) is 0 Å². The molecule has 0 aromatic rings. The molecule has 1 aliphatic heterocycles. The van der Waals surface area contributed by atoms with Gasteiger partial charge >= 0.3 is 0 Å². The molecule has 3 fully saturated rings. The van der Waals surface area contributed by atoms with Crippen molar-refractivity contribution >= 4 is 0 Å². The fraction of sp³-hybridized carbons (Fsp3) is 1.00. The van der Waals surface area contributed by atoms with Gasteiger partial charge in [-0.05, 0) is 61.2 Å². The predicted octanol–water partition coefficient (Wildman–Crippen LogP) is 3.38. The SMILES string of the molecule is C[C@@]1(CO)CCC[C@@]2(C)[C@@H]3CCCO[C@@H]3CC[C@H]12. The summed E-state index contributed by atoms with van der Waals surface area (Å²) in [6, 6.07) is 0. The van der Waals surface area contributed by atoms with Gasteiger partial charge in [-0.25, -0.2) is 0 Å². The van der Waals surface area contributed by atoms with Crippen molar-refractivity contribution in [2.75, 3.05) is 13.2 Å². The van der Waals surface area contributed by atoms with Gasteiger partial charge in [-0.2, -0.15) is 0 Å². The van der Waals surface area contributed by atoms with Crippen LogP contribution in [-0.2, 0) is 4.74 Å². The van der Waals surface area contributed by atoms with E-state index in [-0.39, 0.29) is 5.41 Å². The van der Waals surface area contributed by atoms with Crippen molar-refractivity contribution in [3.63, 3.8) is 0 Å². The highest BCUT2D eigenvalue weighted by Gasteiger charge is 2.56. The van der Waals surface area contributed by atoms with E-state index in [1.165, 1.54) is 44.9 Å². The van der Waals surface area contributed by atoms with E-state index in [2.05, 4.69) is 13.8 Å². The maximum atomic E-state index is 9.87. The van der Waals surface area contributed by atoms with Crippen LogP contribution in [0.5, 0.6) is 0 Å². The van der Waals surface area contributed by atoms with Crippen LogP contribution in [0.2, 0.25) is 0 Å². The van der Waals surface area contributed by atoms with Gasteiger partial charge in [-0.15, -0.1) is 0 Å². The Kier molecular flexibility index (Phi) is 3.22. The minimum atomic E-state index is 0.162. The Morgan fingerprint density at radius 3 is 2.72 bits per heavy atom. The summed E-state index contributed by atoms with van der Waals surface area (Å²) in [6.07, 6.45) is 9.42. The minimum Gasteiger partial charge on any atom is -0.396 e. The first kappa shape index (κ1) is 12.9. The lowest BCUT2D eigenvalue weighted by molar-refractivity contribution is -0.173. The van der Waals surface area contributed by atoms with E-state index < -0.39 is 0 Å². The molecule has 104 valence electrons. The average Bonchev–Trinajstić information content (AvgIpc) is 2.39. The maximum absolute atomic E-state index is 9.87. The summed E-state index contributed by atoms with van der Waals surface area (Å²) < 4.78 is 6.04. The molecule has 0 spiro atoms. The van der Waals surface area contributed by atoms with Crippen LogP contribution in [0.1, 0.15) is 58.8 Å². The minimum absolute atomic E-state index is 0.162. The number of hydrogen-bond donors (Lipinski definition) is 1. The molecule has 2 nitrogen and oxygen atoms in total. The molecule has 0 aromatic carbocycles. The monoisotopic (exact) mass is 252 g/mol. The number of ether oxygens (including phenoxy) is 1. The third-order valence-corrected chi connectivity index (χ3v) is 6.49. The zero-order valence-corrected chi connectivity index (χ0v) is 12.0. The van der Waals surface area contributed by atoms with Crippen LogP contribution in [0.3, 0.4) is 0 Å². The average molecular weight is 252 g/mol. The smallest absolute Gasteiger partial charge is 0.0608 e. The zero-order chi connectivity index (χ0) is 12.8. The summed E-state index contributed by atoms with van der Waals surface area (Å²) in [6.45, 7) is 6.15. The van der Waals surface area contributed by atoms with Crippen molar-refractivity contribution in [3.8, 4) is 0 Å². The lowest BCUT2D eigenvalue weighted by Crippen LogP contribution is -2.56. The Morgan fingerprint density at radius 2 is 1.94 bits per heavy atom. The number of fused-ring (bicyclic) bond motifs is 3. The summed E-state index contributed by atoms with van der Waals surface area (Å²) in [7, 11) is 0. The molecule has 0 amide bonds. The molecule has 18 heavy (non-hydrogen) atoms. The number of rotatable bonds is 1. The number of aliphatic hydroxyl groups is 1. The molecule has 0 radical (unpaired) electrons. The molecule has 2 heteroatoms. The summed E-state index contributed by atoms with van der Waals surface area (Å²) >= 11 is 0. The first-order valence-electron chi connectivity index (χ1n) is 7.83. The zero-order valence-electron chi connectivity index (χ0n) is 12.0. The fourth-order valence-electron chi connectivity index (χ4n) is 5.54. The number of aliphatic hydroxyl groups excluding tert-OH is 1. The quantitative estimate of drug-likeness (QED) is 0.775. The van der Waals surface area contributed by atoms with Crippen molar-refractivity contribution in [1.29, 1.82) is 0 Å². The number of hydrogen-bond acceptors (Lipinski definition) is 2. The van der Waals surface area contributed by atoms with Crippen LogP contribution < -0.4 is 0 Å². The van der Waals surface area contributed by atoms with Crippen molar-refractivity contribution in [2.45, 2.75) is 64.9 Å². The van der Waals surface area contributed by atoms with Crippen molar-refractivity contribution in [3.05, 3.63) is 0 Å². The van der Waals surface area contributed by atoms with E-state index in [4.69, 9.17) is 4.74 Å². The highest BCUT2D eigenvalue weighted by atomic mass is 16.5. The molecule has 3 rings (SSSR count). The molecule has 1 N–H and O–H groups in total. The largest absolute Gasteiger partial charge is 0.396 e. The van der Waals surface area contributed by atoms with Gasteiger partial charge in [0, 0.05) is 13.2 Å². The summed E-state index contributed by atoms with van der Waals surface area (Å²) in [4.78, 5) is 0. The van der Waals surface area contributed by atoms with Gasteiger partial charge in [0.1, 0.15) is 0 Å². The van der Waals surface area contributed by atoms with E-state index >= 15 is 0 Å². The lowest BCUT2D eigenvalue weighted by Gasteiger charge is -2.60. The predicted molar refractivity (Wildman–Crippen MR) is 72.3 cm³/mol.